The van der Waals surface area contributed by atoms with E-state index < -0.39 is 6.04 Å². The zero-order chi connectivity index (χ0) is 14.0. The minimum absolute atomic E-state index is 0.172. The second kappa shape index (κ2) is 5.84. The average molecular weight is 299 g/mol. The highest BCUT2D eigenvalue weighted by atomic mass is 35.5. The van der Waals surface area contributed by atoms with Gasteiger partial charge in [0.05, 0.1) is 10.6 Å². The molecule has 0 heterocycles. The number of carbonyl (C=O) groups excluding carboxylic acids is 2. The smallest absolute Gasteiger partial charge is 0.253 e. The summed E-state index contributed by atoms with van der Waals surface area (Å²) in [7, 11) is 0. The van der Waals surface area contributed by atoms with Crippen LogP contribution in [0.15, 0.2) is 23.1 Å². The van der Waals surface area contributed by atoms with Gasteiger partial charge in [-0.15, -0.1) is 12.6 Å². The lowest BCUT2D eigenvalue weighted by molar-refractivity contribution is -0.122. The molecule has 1 aliphatic rings. The zero-order valence-corrected chi connectivity index (χ0v) is 12.1. The first-order valence-electron chi connectivity index (χ1n) is 6.07. The maximum absolute atomic E-state index is 12.0. The van der Waals surface area contributed by atoms with Crippen molar-refractivity contribution in [3.05, 3.63) is 28.8 Å². The predicted molar refractivity (Wildman–Crippen MR) is 76.8 cm³/mol. The Hall–Kier alpha value is -1.20. The molecule has 1 unspecified atom stereocenters. The Labute approximate surface area is 122 Å². The maximum atomic E-state index is 12.0. The van der Waals surface area contributed by atoms with Crippen LogP contribution in [0.2, 0.25) is 5.02 Å². The van der Waals surface area contributed by atoms with Crippen LogP contribution in [-0.4, -0.2) is 23.9 Å². The Balaban J connectivity index is 1.99. The molecule has 0 bridgehead atoms. The van der Waals surface area contributed by atoms with Crippen molar-refractivity contribution in [1.29, 1.82) is 0 Å². The van der Waals surface area contributed by atoms with Gasteiger partial charge >= 0.3 is 0 Å². The first kappa shape index (κ1) is 14.2. The predicted octanol–water partition coefficient (Wildman–Crippen LogP) is 2.03. The highest BCUT2D eigenvalue weighted by Crippen LogP contribution is 2.20. The zero-order valence-electron chi connectivity index (χ0n) is 10.4. The molecule has 0 spiro atoms. The van der Waals surface area contributed by atoms with Crippen molar-refractivity contribution >= 4 is 36.0 Å². The number of thiol groups is 1. The summed E-state index contributed by atoms with van der Waals surface area (Å²) in [6.45, 7) is 1.65. The molecule has 102 valence electrons. The molecule has 0 radical (unpaired) electrons. The molecule has 19 heavy (non-hydrogen) atoms. The summed E-state index contributed by atoms with van der Waals surface area (Å²) in [4.78, 5) is 24.4. The van der Waals surface area contributed by atoms with Crippen LogP contribution >= 0.6 is 24.2 Å². The fourth-order valence-corrected chi connectivity index (χ4v) is 1.99. The molecule has 1 aromatic rings. The van der Waals surface area contributed by atoms with E-state index in [0.717, 1.165) is 12.8 Å². The number of hydrogen-bond donors (Lipinski definition) is 3. The molecule has 0 aliphatic heterocycles. The molecular weight excluding hydrogens is 284 g/mol. The third-order valence-corrected chi connectivity index (χ3v) is 3.47. The number of amides is 2. The van der Waals surface area contributed by atoms with Gasteiger partial charge in [0.15, 0.2) is 0 Å². The number of hydrogen-bond acceptors (Lipinski definition) is 3. The second-order valence-corrected chi connectivity index (χ2v) is 5.57. The average Bonchev–Trinajstić information content (AvgIpc) is 3.15. The standard InChI is InChI=1S/C13H15ClN2O2S/c1-7(12(17)16-8-2-3-8)15-13(18)10-6-9(19)4-5-11(10)14/h4-8,19H,2-3H2,1H3,(H,15,18)(H,16,17). The van der Waals surface area contributed by atoms with Crippen LogP contribution in [0, 0.1) is 0 Å². The Bertz CT molecular complexity index is 517. The van der Waals surface area contributed by atoms with Crippen molar-refractivity contribution in [1.82, 2.24) is 10.6 Å². The molecule has 1 saturated carbocycles. The molecular formula is C13H15ClN2O2S. The number of benzene rings is 1. The van der Waals surface area contributed by atoms with E-state index in [1.54, 1.807) is 25.1 Å². The van der Waals surface area contributed by atoms with Gasteiger partial charge in [-0.3, -0.25) is 9.59 Å². The molecule has 2 N–H and O–H groups in total. The lowest BCUT2D eigenvalue weighted by Gasteiger charge is -2.14. The van der Waals surface area contributed by atoms with E-state index in [-0.39, 0.29) is 17.9 Å². The number of rotatable bonds is 4. The molecule has 1 aromatic carbocycles. The van der Waals surface area contributed by atoms with Gasteiger partial charge in [0.25, 0.3) is 5.91 Å². The Morgan fingerprint density at radius 3 is 2.74 bits per heavy atom. The molecule has 1 fully saturated rings. The van der Waals surface area contributed by atoms with Crippen molar-refractivity contribution in [2.45, 2.75) is 36.7 Å². The molecule has 6 heteroatoms. The van der Waals surface area contributed by atoms with Crippen LogP contribution in [0.4, 0.5) is 0 Å². The molecule has 1 aliphatic carbocycles. The van der Waals surface area contributed by atoms with Gasteiger partial charge in [-0.25, -0.2) is 0 Å². The molecule has 4 nitrogen and oxygen atoms in total. The van der Waals surface area contributed by atoms with Crippen molar-refractivity contribution in [3.63, 3.8) is 0 Å². The fourth-order valence-electron chi connectivity index (χ4n) is 1.58. The van der Waals surface area contributed by atoms with Crippen molar-refractivity contribution in [3.8, 4) is 0 Å². The quantitative estimate of drug-likeness (QED) is 0.745. The van der Waals surface area contributed by atoms with E-state index in [0.29, 0.717) is 15.5 Å². The summed E-state index contributed by atoms with van der Waals surface area (Å²) in [6.07, 6.45) is 2.03. The van der Waals surface area contributed by atoms with Crippen LogP contribution in [-0.2, 0) is 4.79 Å². The topological polar surface area (TPSA) is 58.2 Å². The summed E-state index contributed by atoms with van der Waals surface area (Å²) in [6, 6.07) is 4.56. The maximum Gasteiger partial charge on any atom is 0.253 e. The first-order chi connectivity index (χ1) is 8.97. The first-order valence-corrected chi connectivity index (χ1v) is 6.89. The van der Waals surface area contributed by atoms with E-state index in [1.807, 2.05) is 0 Å². The van der Waals surface area contributed by atoms with Crippen LogP contribution in [0.25, 0.3) is 0 Å². The largest absolute Gasteiger partial charge is 0.352 e. The van der Waals surface area contributed by atoms with Crippen LogP contribution in [0.1, 0.15) is 30.1 Å². The van der Waals surface area contributed by atoms with Crippen molar-refractivity contribution in [2.24, 2.45) is 0 Å². The number of nitrogens with one attached hydrogen (secondary N) is 2. The van der Waals surface area contributed by atoms with Crippen LogP contribution in [0.3, 0.4) is 0 Å². The Kier molecular flexibility index (Phi) is 4.37. The van der Waals surface area contributed by atoms with E-state index >= 15 is 0 Å². The van der Waals surface area contributed by atoms with Gasteiger partial charge in [-0.1, -0.05) is 11.6 Å². The van der Waals surface area contributed by atoms with Gasteiger partial charge in [-0.2, -0.15) is 0 Å². The minimum atomic E-state index is -0.590. The molecule has 0 saturated heterocycles. The Morgan fingerprint density at radius 2 is 2.11 bits per heavy atom. The highest BCUT2D eigenvalue weighted by molar-refractivity contribution is 7.80. The summed E-state index contributed by atoms with van der Waals surface area (Å²) >= 11 is 10.1. The van der Waals surface area contributed by atoms with E-state index in [2.05, 4.69) is 23.3 Å². The van der Waals surface area contributed by atoms with E-state index in [9.17, 15) is 9.59 Å². The highest BCUT2D eigenvalue weighted by Gasteiger charge is 2.26. The lowest BCUT2D eigenvalue weighted by Crippen LogP contribution is -2.45. The van der Waals surface area contributed by atoms with Crippen molar-refractivity contribution < 1.29 is 9.59 Å². The van der Waals surface area contributed by atoms with Gasteiger partial charge in [0.1, 0.15) is 6.04 Å². The van der Waals surface area contributed by atoms with Crippen LogP contribution < -0.4 is 10.6 Å². The van der Waals surface area contributed by atoms with Gasteiger partial charge < -0.3 is 10.6 Å². The third kappa shape index (κ3) is 3.88. The lowest BCUT2D eigenvalue weighted by atomic mass is 10.2. The van der Waals surface area contributed by atoms with Crippen LogP contribution in [0.5, 0.6) is 0 Å². The van der Waals surface area contributed by atoms with Gasteiger partial charge in [0.2, 0.25) is 5.91 Å². The monoisotopic (exact) mass is 298 g/mol. The summed E-state index contributed by atoms with van der Waals surface area (Å²) in [5, 5.41) is 5.80. The fraction of sp³-hybridized carbons (Fsp3) is 0.385. The van der Waals surface area contributed by atoms with Gasteiger partial charge in [-0.05, 0) is 38.0 Å². The summed E-state index contributed by atoms with van der Waals surface area (Å²) < 4.78 is 0. The number of carbonyl (C=O) groups is 2. The van der Waals surface area contributed by atoms with E-state index in [1.165, 1.54) is 0 Å². The SMILES string of the molecule is CC(NC(=O)c1cc(S)ccc1Cl)C(=O)NC1CC1. The van der Waals surface area contributed by atoms with E-state index in [4.69, 9.17) is 11.6 Å². The second-order valence-electron chi connectivity index (χ2n) is 4.64. The normalized spacial score (nSPS) is 15.7. The third-order valence-electron chi connectivity index (χ3n) is 2.86. The summed E-state index contributed by atoms with van der Waals surface area (Å²) in [5.41, 5.74) is 0.320. The summed E-state index contributed by atoms with van der Waals surface area (Å²) in [5.74, 6) is -0.548. The Morgan fingerprint density at radius 1 is 1.42 bits per heavy atom. The van der Waals surface area contributed by atoms with Gasteiger partial charge in [0, 0.05) is 10.9 Å². The molecule has 2 amide bonds. The molecule has 0 aromatic heterocycles. The molecule has 1 atom stereocenters. The van der Waals surface area contributed by atoms with Crippen molar-refractivity contribution in [2.75, 3.05) is 0 Å². The minimum Gasteiger partial charge on any atom is -0.352 e. The molecule has 2 rings (SSSR count). The number of halogens is 1.